The molecular formula is C20H20N4O3S. The third-order valence-corrected chi connectivity index (χ3v) is 5.47. The van der Waals surface area contributed by atoms with Crippen molar-refractivity contribution in [2.45, 2.75) is 6.92 Å². The first kappa shape index (κ1) is 18.4. The molecule has 0 atom stereocenters. The highest BCUT2D eigenvalue weighted by Gasteiger charge is 2.19. The second kappa shape index (κ2) is 8.37. The molecule has 28 heavy (non-hydrogen) atoms. The maximum atomic E-state index is 12.2. The number of hydrogen-bond donors (Lipinski definition) is 1. The van der Waals surface area contributed by atoms with Gasteiger partial charge in [0, 0.05) is 18.7 Å². The third kappa shape index (κ3) is 3.97. The molecule has 0 bridgehead atoms. The molecule has 1 aromatic carbocycles. The van der Waals surface area contributed by atoms with Crippen molar-refractivity contribution in [3.05, 3.63) is 58.9 Å². The van der Waals surface area contributed by atoms with Gasteiger partial charge in [0.05, 0.1) is 41.8 Å². The number of hydrogen-bond acceptors (Lipinski definition) is 7. The summed E-state index contributed by atoms with van der Waals surface area (Å²) in [6, 6.07) is 11.6. The maximum absolute atomic E-state index is 12.2. The summed E-state index contributed by atoms with van der Waals surface area (Å²) < 4.78 is 10.6. The van der Waals surface area contributed by atoms with E-state index in [9.17, 15) is 4.79 Å². The van der Waals surface area contributed by atoms with E-state index in [1.54, 1.807) is 30.5 Å². The van der Waals surface area contributed by atoms with Crippen molar-refractivity contribution in [2.24, 2.45) is 5.10 Å². The number of nitrogens with zero attached hydrogens (tertiary/aromatic N) is 3. The maximum Gasteiger partial charge on any atom is 0.274 e. The number of rotatable bonds is 5. The highest BCUT2D eigenvalue weighted by atomic mass is 32.1. The molecule has 0 aliphatic carbocycles. The molecule has 0 spiro atoms. The number of hydrazone groups is 1. The highest BCUT2D eigenvalue weighted by molar-refractivity contribution is 7.17. The molecule has 1 aliphatic heterocycles. The van der Waals surface area contributed by atoms with E-state index in [0.29, 0.717) is 24.5 Å². The summed E-state index contributed by atoms with van der Waals surface area (Å²) >= 11 is 1.55. The van der Waals surface area contributed by atoms with Crippen LogP contribution in [0, 0.1) is 6.92 Å². The van der Waals surface area contributed by atoms with Gasteiger partial charge in [-0.15, -0.1) is 0 Å². The van der Waals surface area contributed by atoms with E-state index in [1.807, 2.05) is 30.3 Å². The van der Waals surface area contributed by atoms with Crippen molar-refractivity contribution in [3.8, 4) is 11.3 Å². The minimum atomic E-state index is -0.304. The smallest absolute Gasteiger partial charge is 0.274 e. The Morgan fingerprint density at radius 3 is 2.75 bits per heavy atom. The minimum Gasteiger partial charge on any atom is -0.469 e. The molecular weight excluding hydrogens is 376 g/mol. The average Bonchev–Trinajstić information content (AvgIpc) is 3.36. The van der Waals surface area contributed by atoms with Crippen molar-refractivity contribution in [1.82, 2.24) is 10.4 Å². The number of benzene rings is 1. The van der Waals surface area contributed by atoms with Crippen LogP contribution in [0.15, 0.2) is 52.2 Å². The van der Waals surface area contributed by atoms with Crippen molar-refractivity contribution in [1.29, 1.82) is 0 Å². The zero-order valence-corrected chi connectivity index (χ0v) is 16.2. The van der Waals surface area contributed by atoms with Crippen LogP contribution in [-0.2, 0) is 4.74 Å². The second-order valence-corrected chi connectivity index (χ2v) is 7.27. The van der Waals surface area contributed by atoms with Crippen molar-refractivity contribution in [3.63, 3.8) is 0 Å². The zero-order chi connectivity index (χ0) is 19.3. The number of anilines is 1. The van der Waals surface area contributed by atoms with Gasteiger partial charge < -0.3 is 14.1 Å². The number of thiazole rings is 1. The van der Waals surface area contributed by atoms with Crippen LogP contribution in [0.25, 0.3) is 11.3 Å². The zero-order valence-electron chi connectivity index (χ0n) is 15.4. The van der Waals surface area contributed by atoms with E-state index in [0.717, 1.165) is 34.4 Å². The van der Waals surface area contributed by atoms with Gasteiger partial charge in [0.1, 0.15) is 5.76 Å². The fourth-order valence-corrected chi connectivity index (χ4v) is 3.94. The Hall–Kier alpha value is -2.97. The van der Waals surface area contributed by atoms with Gasteiger partial charge >= 0.3 is 0 Å². The Morgan fingerprint density at radius 2 is 2.04 bits per heavy atom. The number of morpholine rings is 1. The van der Waals surface area contributed by atoms with Crippen LogP contribution in [-0.4, -0.2) is 43.4 Å². The van der Waals surface area contributed by atoms with Crippen LogP contribution in [0.3, 0.4) is 0 Å². The van der Waals surface area contributed by atoms with Crippen molar-refractivity contribution >= 4 is 28.6 Å². The molecule has 0 radical (unpaired) electrons. The fraction of sp³-hybridized carbons (Fsp3) is 0.250. The summed E-state index contributed by atoms with van der Waals surface area (Å²) in [6.45, 7) is 4.77. The number of amides is 1. The summed E-state index contributed by atoms with van der Waals surface area (Å²) in [7, 11) is 0. The molecule has 1 saturated heterocycles. The van der Waals surface area contributed by atoms with E-state index in [-0.39, 0.29) is 5.91 Å². The van der Waals surface area contributed by atoms with E-state index in [4.69, 9.17) is 14.1 Å². The molecule has 3 aromatic rings. The van der Waals surface area contributed by atoms with Crippen LogP contribution in [0.1, 0.15) is 21.0 Å². The molecule has 0 saturated carbocycles. The second-order valence-electron chi connectivity index (χ2n) is 6.26. The summed E-state index contributed by atoms with van der Waals surface area (Å²) in [4.78, 5) is 20.1. The SMILES string of the molecule is Cc1occc1C(=O)N/N=C\c1sc(N2CCOCC2)nc1-c1ccccc1. The van der Waals surface area contributed by atoms with Crippen LogP contribution in [0.5, 0.6) is 0 Å². The van der Waals surface area contributed by atoms with Crippen LogP contribution >= 0.6 is 11.3 Å². The first-order valence-electron chi connectivity index (χ1n) is 8.99. The quantitative estimate of drug-likeness (QED) is 0.529. The number of carbonyl (C=O) groups excluding carboxylic acids is 1. The van der Waals surface area contributed by atoms with Gasteiger partial charge in [-0.1, -0.05) is 41.7 Å². The molecule has 0 unspecified atom stereocenters. The van der Waals surface area contributed by atoms with Crippen LogP contribution in [0.4, 0.5) is 5.13 Å². The Labute approximate surface area is 166 Å². The van der Waals surface area contributed by atoms with Crippen molar-refractivity contribution in [2.75, 3.05) is 31.2 Å². The van der Waals surface area contributed by atoms with E-state index < -0.39 is 0 Å². The largest absolute Gasteiger partial charge is 0.469 e. The summed E-state index contributed by atoms with van der Waals surface area (Å²) in [6.07, 6.45) is 3.14. The van der Waals surface area contributed by atoms with Gasteiger partial charge in [-0.25, -0.2) is 10.4 Å². The lowest BCUT2D eigenvalue weighted by Crippen LogP contribution is -2.36. The number of aromatic nitrogens is 1. The Morgan fingerprint density at radius 1 is 1.25 bits per heavy atom. The van der Waals surface area contributed by atoms with Gasteiger partial charge in [-0.2, -0.15) is 5.10 Å². The number of nitrogens with one attached hydrogen (secondary N) is 1. The Bertz CT molecular complexity index is 975. The van der Waals surface area contributed by atoms with Crippen LogP contribution < -0.4 is 10.3 Å². The number of carbonyl (C=O) groups is 1. The summed E-state index contributed by atoms with van der Waals surface area (Å²) in [5, 5.41) is 5.08. The molecule has 1 aliphatic rings. The predicted octanol–water partition coefficient (Wildman–Crippen LogP) is 3.31. The fourth-order valence-electron chi connectivity index (χ4n) is 2.93. The minimum absolute atomic E-state index is 0.304. The molecule has 1 fully saturated rings. The van der Waals surface area contributed by atoms with Crippen molar-refractivity contribution < 1.29 is 13.9 Å². The van der Waals surface area contributed by atoms with E-state index >= 15 is 0 Å². The summed E-state index contributed by atoms with van der Waals surface area (Å²) in [5.74, 6) is 0.256. The molecule has 7 nitrogen and oxygen atoms in total. The molecule has 2 aromatic heterocycles. The molecule has 4 rings (SSSR count). The van der Waals surface area contributed by atoms with Gasteiger partial charge in [0.15, 0.2) is 5.13 Å². The third-order valence-electron chi connectivity index (χ3n) is 4.42. The topological polar surface area (TPSA) is 80.0 Å². The van der Waals surface area contributed by atoms with E-state index in [1.165, 1.54) is 6.26 Å². The molecule has 1 amide bonds. The lowest BCUT2D eigenvalue weighted by Gasteiger charge is -2.26. The monoisotopic (exact) mass is 396 g/mol. The number of aryl methyl sites for hydroxylation is 1. The Kier molecular flexibility index (Phi) is 5.50. The first-order valence-corrected chi connectivity index (χ1v) is 9.80. The van der Waals surface area contributed by atoms with Gasteiger partial charge in [-0.05, 0) is 13.0 Å². The highest BCUT2D eigenvalue weighted by Crippen LogP contribution is 2.32. The number of ether oxygens (including phenoxy) is 1. The molecule has 3 heterocycles. The molecule has 8 heteroatoms. The first-order chi connectivity index (χ1) is 13.7. The molecule has 1 N–H and O–H groups in total. The number of furan rings is 1. The lowest BCUT2D eigenvalue weighted by molar-refractivity contribution is 0.0953. The van der Waals surface area contributed by atoms with Crippen LogP contribution in [0.2, 0.25) is 0 Å². The molecule has 144 valence electrons. The van der Waals surface area contributed by atoms with Gasteiger partial charge in [0.2, 0.25) is 0 Å². The lowest BCUT2D eigenvalue weighted by atomic mass is 10.1. The van der Waals surface area contributed by atoms with E-state index in [2.05, 4.69) is 15.4 Å². The predicted molar refractivity (Wildman–Crippen MR) is 109 cm³/mol. The average molecular weight is 396 g/mol. The van der Waals surface area contributed by atoms with Gasteiger partial charge in [-0.3, -0.25) is 4.79 Å². The Balaban J connectivity index is 1.58. The van der Waals surface area contributed by atoms with Gasteiger partial charge in [0.25, 0.3) is 5.91 Å². The standard InChI is InChI=1S/C20H20N4O3S/c1-14-16(7-10-27-14)19(25)23-21-13-17-18(15-5-3-2-4-6-15)22-20(28-17)24-8-11-26-12-9-24/h2-7,10,13H,8-9,11-12H2,1H3,(H,23,25)/b21-13-. The normalized spacial score (nSPS) is 14.5. The summed E-state index contributed by atoms with van der Waals surface area (Å²) in [5.41, 5.74) is 4.89.